The first kappa shape index (κ1) is 12.2. The largest absolute Gasteiger partial charge is 0.370 e. The molecule has 0 unspecified atom stereocenters. The monoisotopic (exact) mass is 242 g/mol. The molecule has 0 spiro atoms. The van der Waals surface area contributed by atoms with Gasteiger partial charge in [0.15, 0.2) is 0 Å². The van der Waals surface area contributed by atoms with Crippen molar-refractivity contribution in [3.8, 4) is 0 Å². The maximum atomic E-state index is 11.1. The average molecular weight is 242 g/mol. The number of sulfonamides is 1. The molecule has 0 aliphatic carbocycles. The number of hydrogen-bond donors (Lipinski definition) is 2. The number of primary amides is 1. The van der Waals surface area contributed by atoms with Crippen molar-refractivity contribution in [2.24, 2.45) is 5.73 Å². The smallest absolute Gasteiger partial charge is 0.266 e. The fourth-order valence-electron chi connectivity index (χ4n) is 1.12. The van der Waals surface area contributed by atoms with Crippen molar-refractivity contribution in [2.75, 3.05) is 0 Å². The maximum absolute atomic E-state index is 11.1. The number of fused-ring (bicyclic) bond motifs is 1. The van der Waals surface area contributed by atoms with Gasteiger partial charge in [0.25, 0.3) is 15.9 Å². The molecule has 0 radical (unpaired) electrons. The molecule has 3 N–H and O–H groups in total. The first-order valence-electron chi connectivity index (χ1n) is 4.27. The zero-order chi connectivity index (χ0) is 12.3. The lowest BCUT2D eigenvalue weighted by atomic mass is 10.2. The van der Waals surface area contributed by atoms with Gasteiger partial charge < -0.3 is 5.73 Å². The number of carbonyl (C=O) groups is 2. The van der Waals surface area contributed by atoms with Crippen LogP contribution in [0.1, 0.15) is 17.3 Å². The Hall–Kier alpha value is -1.89. The molecule has 1 aromatic carbocycles. The van der Waals surface area contributed by atoms with E-state index < -0.39 is 15.9 Å². The highest BCUT2D eigenvalue weighted by atomic mass is 32.2. The molecule has 2 rings (SSSR count). The van der Waals surface area contributed by atoms with Gasteiger partial charge in [0.05, 0.1) is 5.56 Å². The molecule has 86 valence electrons. The van der Waals surface area contributed by atoms with Gasteiger partial charge in [-0.2, -0.15) is 0 Å². The molecular formula is C9H10N2O4S. The molecule has 1 aliphatic heterocycles. The molecule has 6 nitrogen and oxygen atoms in total. The molecular weight excluding hydrogens is 232 g/mol. The van der Waals surface area contributed by atoms with E-state index in [0.717, 1.165) is 0 Å². The summed E-state index contributed by atoms with van der Waals surface area (Å²) >= 11 is 0. The van der Waals surface area contributed by atoms with E-state index in [1.165, 1.54) is 19.1 Å². The Morgan fingerprint density at radius 3 is 2.31 bits per heavy atom. The zero-order valence-electron chi connectivity index (χ0n) is 8.43. The van der Waals surface area contributed by atoms with Gasteiger partial charge in [-0.05, 0) is 12.1 Å². The van der Waals surface area contributed by atoms with Gasteiger partial charge in [-0.1, -0.05) is 12.1 Å². The predicted molar refractivity (Wildman–Crippen MR) is 56.0 cm³/mol. The number of amides is 2. The van der Waals surface area contributed by atoms with Crippen molar-refractivity contribution in [2.45, 2.75) is 11.8 Å². The summed E-state index contributed by atoms with van der Waals surface area (Å²) in [6, 6.07) is 6.09. The van der Waals surface area contributed by atoms with Crippen molar-refractivity contribution in [1.29, 1.82) is 0 Å². The molecule has 7 heteroatoms. The van der Waals surface area contributed by atoms with E-state index in [9.17, 15) is 18.0 Å². The maximum Gasteiger partial charge on any atom is 0.266 e. The van der Waals surface area contributed by atoms with E-state index >= 15 is 0 Å². The second kappa shape index (κ2) is 4.31. The van der Waals surface area contributed by atoms with E-state index in [1.807, 2.05) is 4.72 Å². The van der Waals surface area contributed by atoms with Crippen molar-refractivity contribution >= 4 is 21.8 Å². The van der Waals surface area contributed by atoms with Crippen molar-refractivity contribution in [3.05, 3.63) is 29.8 Å². The van der Waals surface area contributed by atoms with Crippen LogP contribution in [0.4, 0.5) is 0 Å². The summed E-state index contributed by atoms with van der Waals surface area (Å²) < 4.78 is 24.2. The van der Waals surface area contributed by atoms with E-state index in [2.05, 4.69) is 5.73 Å². The molecule has 0 atom stereocenters. The van der Waals surface area contributed by atoms with Gasteiger partial charge in [-0.15, -0.1) is 0 Å². The third-order valence-corrected chi connectivity index (χ3v) is 3.04. The summed E-state index contributed by atoms with van der Waals surface area (Å²) in [5.41, 5.74) is 4.69. The summed E-state index contributed by atoms with van der Waals surface area (Å²) in [5.74, 6) is -0.884. The third-order valence-electron chi connectivity index (χ3n) is 1.65. The number of nitrogens with two attached hydrogens (primary N) is 1. The standard InChI is InChI=1S/C7H5NO3S.C2H5NO/c9-7-5-3-1-2-4-6(5)12(10,11)8-7;1-2(3)4/h1-4H,(H,8,9);1H3,(H2,3,4). The number of carbonyl (C=O) groups excluding carboxylic acids is 2. The fraction of sp³-hybridized carbons (Fsp3) is 0.111. The highest BCUT2D eigenvalue weighted by Gasteiger charge is 2.31. The molecule has 0 aromatic heterocycles. The Bertz CT molecular complexity index is 532. The molecule has 0 saturated heterocycles. The summed E-state index contributed by atoms with van der Waals surface area (Å²) in [6.07, 6.45) is 0. The zero-order valence-corrected chi connectivity index (χ0v) is 9.24. The first-order valence-corrected chi connectivity index (χ1v) is 5.75. The van der Waals surface area contributed by atoms with Gasteiger partial charge >= 0.3 is 0 Å². The van der Waals surface area contributed by atoms with Gasteiger partial charge in [-0.3, -0.25) is 9.59 Å². The number of nitrogens with one attached hydrogen (secondary N) is 1. The summed E-state index contributed by atoms with van der Waals surface area (Å²) in [5, 5.41) is 0. The van der Waals surface area contributed by atoms with Crippen molar-refractivity contribution in [1.82, 2.24) is 4.72 Å². The minimum absolute atomic E-state index is 0.0648. The van der Waals surface area contributed by atoms with E-state index in [4.69, 9.17) is 0 Å². The molecule has 1 aliphatic rings. The molecule has 1 aromatic rings. The minimum atomic E-state index is -3.55. The Morgan fingerprint density at radius 1 is 1.31 bits per heavy atom. The Balaban J connectivity index is 0.000000280. The normalized spacial score (nSPS) is 15.4. The molecule has 2 amide bonds. The topological polar surface area (TPSA) is 106 Å². The van der Waals surface area contributed by atoms with E-state index in [-0.39, 0.29) is 16.4 Å². The van der Waals surface area contributed by atoms with E-state index in [1.54, 1.807) is 12.1 Å². The Kier molecular flexibility index (Phi) is 3.28. The van der Waals surface area contributed by atoms with Gasteiger partial charge in [0.1, 0.15) is 4.90 Å². The number of rotatable bonds is 0. The third kappa shape index (κ3) is 2.57. The Morgan fingerprint density at radius 2 is 1.81 bits per heavy atom. The first-order chi connectivity index (χ1) is 7.34. The minimum Gasteiger partial charge on any atom is -0.370 e. The van der Waals surface area contributed by atoms with Crippen LogP contribution < -0.4 is 10.5 Å². The number of hydrogen-bond acceptors (Lipinski definition) is 4. The van der Waals surface area contributed by atoms with Crippen molar-refractivity contribution in [3.63, 3.8) is 0 Å². The van der Waals surface area contributed by atoms with Crippen LogP contribution in [0.15, 0.2) is 29.2 Å². The van der Waals surface area contributed by atoms with Crippen LogP contribution >= 0.6 is 0 Å². The molecule has 0 bridgehead atoms. The predicted octanol–water partition coefficient (Wildman–Crippen LogP) is -0.390. The van der Waals surface area contributed by atoms with Crippen LogP contribution in [-0.2, 0) is 14.8 Å². The van der Waals surface area contributed by atoms with Crippen LogP contribution in [0.5, 0.6) is 0 Å². The molecule has 0 fully saturated rings. The van der Waals surface area contributed by atoms with Crippen molar-refractivity contribution < 1.29 is 18.0 Å². The number of benzene rings is 1. The fourth-order valence-corrected chi connectivity index (χ4v) is 2.29. The van der Waals surface area contributed by atoms with Gasteiger partial charge in [0, 0.05) is 6.92 Å². The van der Waals surface area contributed by atoms with Crippen LogP contribution in [-0.4, -0.2) is 20.2 Å². The lowest BCUT2D eigenvalue weighted by Crippen LogP contribution is -2.20. The average Bonchev–Trinajstić information content (AvgIpc) is 2.38. The molecule has 1 heterocycles. The van der Waals surface area contributed by atoms with Crippen LogP contribution in [0, 0.1) is 0 Å². The lowest BCUT2D eigenvalue weighted by Gasteiger charge is -1.91. The molecule has 16 heavy (non-hydrogen) atoms. The lowest BCUT2D eigenvalue weighted by molar-refractivity contribution is -0.115. The van der Waals surface area contributed by atoms with Crippen LogP contribution in [0.3, 0.4) is 0 Å². The SMILES string of the molecule is CC(N)=O.O=C1NS(=O)(=O)c2ccccc21. The second-order valence-corrected chi connectivity index (χ2v) is 4.69. The van der Waals surface area contributed by atoms with Gasteiger partial charge in [-0.25, -0.2) is 13.1 Å². The summed E-state index contributed by atoms with van der Waals surface area (Å²) in [7, 11) is -3.55. The summed E-state index contributed by atoms with van der Waals surface area (Å²) in [4.78, 5) is 20.3. The van der Waals surface area contributed by atoms with Gasteiger partial charge in [0.2, 0.25) is 5.91 Å². The second-order valence-electron chi connectivity index (χ2n) is 3.04. The quantitative estimate of drug-likeness (QED) is 0.646. The highest BCUT2D eigenvalue weighted by Crippen LogP contribution is 2.20. The van der Waals surface area contributed by atoms with Crippen LogP contribution in [0.2, 0.25) is 0 Å². The highest BCUT2D eigenvalue weighted by molar-refractivity contribution is 7.90. The Labute approximate surface area is 92.5 Å². The van der Waals surface area contributed by atoms with E-state index in [0.29, 0.717) is 0 Å². The summed E-state index contributed by atoms with van der Waals surface area (Å²) in [6.45, 7) is 1.31. The van der Waals surface area contributed by atoms with Crippen LogP contribution in [0.25, 0.3) is 0 Å². The molecule has 0 saturated carbocycles.